The van der Waals surface area contributed by atoms with Crippen molar-refractivity contribution in [3.05, 3.63) is 15.4 Å². The Hall–Kier alpha value is 0.0500. The molecule has 0 radical (unpaired) electrons. The van der Waals surface area contributed by atoms with Gasteiger partial charge >= 0.3 is 0 Å². The summed E-state index contributed by atoms with van der Waals surface area (Å²) in [5.41, 5.74) is 0.978. The van der Waals surface area contributed by atoms with E-state index in [1.54, 1.807) is 10.4 Å². The van der Waals surface area contributed by atoms with Gasteiger partial charge in [-0.3, -0.25) is 0 Å². The summed E-state index contributed by atoms with van der Waals surface area (Å²) in [6, 6.07) is 2.18. The van der Waals surface area contributed by atoms with Crippen LogP contribution in [0.2, 0.25) is 0 Å². The predicted molar refractivity (Wildman–Crippen MR) is 86.8 cm³/mol. The molecule has 1 fully saturated rings. The third-order valence-electron chi connectivity index (χ3n) is 4.02. The van der Waals surface area contributed by atoms with Crippen molar-refractivity contribution in [2.45, 2.75) is 36.9 Å². The predicted octanol–water partition coefficient (Wildman–Crippen LogP) is 2.83. The molecule has 0 saturated carbocycles. The van der Waals surface area contributed by atoms with Gasteiger partial charge in [-0.15, -0.1) is 11.3 Å². The Kier molecular flexibility index (Phi) is 5.29. The minimum Gasteiger partial charge on any atom is -0.317 e. The monoisotopic (exact) mass is 380 g/mol. The number of halogens is 1. The van der Waals surface area contributed by atoms with Crippen LogP contribution in [0.1, 0.15) is 25.3 Å². The highest BCUT2D eigenvalue weighted by Gasteiger charge is 2.35. The quantitative estimate of drug-likeness (QED) is 0.873. The van der Waals surface area contributed by atoms with Crippen molar-refractivity contribution in [1.29, 1.82) is 0 Å². The minimum atomic E-state index is -3.34. The second-order valence-corrected chi connectivity index (χ2v) is 9.77. The fourth-order valence-electron chi connectivity index (χ4n) is 2.70. The van der Waals surface area contributed by atoms with Crippen molar-refractivity contribution in [2.75, 3.05) is 20.1 Å². The molecule has 4 nitrogen and oxygen atoms in total. The molecule has 20 heavy (non-hydrogen) atoms. The van der Waals surface area contributed by atoms with Gasteiger partial charge in [0, 0.05) is 19.1 Å². The fourth-order valence-corrected chi connectivity index (χ4v) is 6.59. The van der Waals surface area contributed by atoms with E-state index in [-0.39, 0.29) is 0 Å². The van der Waals surface area contributed by atoms with Crippen LogP contribution in [0.25, 0.3) is 0 Å². The highest BCUT2D eigenvalue weighted by atomic mass is 79.9. The molecular weight excluding hydrogens is 360 g/mol. The molecule has 0 aromatic carbocycles. The Bertz CT molecular complexity index is 551. The number of nitrogens with one attached hydrogen (secondary N) is 1. The number of sulfonamides is 1. The van der Waals surface area contributed by atoms with E-state index in [4.69, 9.17) is 0 Å². The number of hydrogen-bond donors (Lipinski definition) is 1. The normalized spacial score (nSPS) is 25.0. The molecule has 1 aliphatic rings. The number of piperidine rings is 1. The zero-order valence-electron chi connectivity index (χ0n) is 12.0. The maximum absolute atomic E-state index is 12.7. The van der Waals surface area contributed by atoms with E-state index < -0.39 is 10.0 Å². The van der Waals surface area contributed by atoms with Gasteiger partial charge in [0.2, 0.25) is 0 Å². The molecule has 0 aliphatic carbocycles. The fraction of sp³-hybridized carbons (Fsp3) is 0.692. The van der Waals surface area contributed by atoms with Gasteiger partial charge in [-0.1, -0.05) is 13.3 Å². The molecule has 2 unspecified atom stereocenters. The van der Waals surface area contributed by atoms with Gasteiger partial charge in [0.15, 0.2) is 0 Å². The number of hydrogen-bond acceptors (Lipinski definition) is 4. The van der Waals surface area contributed by atoms with E-state index in [2.05, 4.69) is 28.2 Å². The SMILES string of the molecule is CCC1CN(S(=O)(=O)c2cc(C)c(Br)s2)CCC1NC. The van der Waals surface area contributed by atoms with Crippen LogP contribution in [-0.4, -0.2) is 38.9 Å². The smallest absolute Gasteiger partial charge is 0.252 e. The van der Waals surface area contributed by atoms with Gasteiger partial charge in [0.25, 0.3) is 10.0 Å². The highest BCUT2D eigenvalue weighted by Crippen LogP contribution is 2.34. The van der Waals surface area contributed by atoms with E-state index in [0.29, 0.717) is 29.3 Å². The first-order valence-corrected chi connectivity index (χ1v) is 9.88. The second kappa shape index (κ2) is 6.44. The Morgan fingerprint density at radius 3 is 2.75 bits per heavy atom. The van der Waals surface area contributed by atoms with Crippen molar-refractivity contribution in [1.82, 2.24) is 9.62 Å². The highest BCUT2D eigenvalue weighted by molar-refractivity contribution is 9.11. The lowest BCUT2D eigenvalue weighted by Crippen LogP contribution is -2.49. The van der Waals surface area contributed by atoms with Crippen LogP contribution in [0.4, 0.5) is 0 Å². The Labute approximate surface area is 133 Å². The zero-order valence-corrected chi connectivity index (χ0v) is 15.2. The second-order valence-electron chi connectivity index (χ2n) is 5.24. The maximum Gasteiger partial charge on any atom is 0.252 e. The molecular formula is C13H21BrN2O2S2. The van der Waals surface area contributed by atoms with Crippen LogP contribution in [0.3, 0.4) is 0 Å². The molecule has 0 spiro atoms. The van der Waals surface area contributed by atoms with Crippen LogP contribution in [0.15, 0.2) is 14.1 Å². The summed E-state index contributed by atoms with van der Waals surface area (Å²) in [5, 5.41) is 3.30. The molecule has 0 amide bonds. The summed E-state index contributed by atoms with van der Waals surface area (Å²) in [5.74, 6) is 0.382. The van der Waals surface area contributed by atoms with Crippen LogP contribution >= 0.6 is 27.3 Å². The van der Waals surface area contributed by atoms with E-state index in [1.165, 1.54) is 11.3 Å². The molecule has 7 heteroatoms. The lowest BCUT2D eigenvalue weighted by atomic mass is 9.91. The molecule has 0 bridgehead atoms. The summed E-state index contributed by atoms with van der Waals surface area (Å²) in [7, 11) is -1.39. The van der Waals surface area contributed by atoms with E-state index in [0.717, 1.165) is 22.2 Å². The van der Waals surface area contributed by atoms with Gasteiger partial charge < -0.3 is 5.32 Å². The minimum absolute atomic E-state index is 0.382. The number of rotatable bonds is 4. The number of nitrogens with zero attached hydrogens (tertiary/aromatic N) is 1. The summed E-state index contributed by atoms with van der Waals surface area (Å²) >= 11 is 4.71. The number of aryl methyl sites for hydroxylation is 1. The first kappa shape index (κ1) is 16.4. The van der Waals surface area contributed by atoms with Crippen molar-refractivity contribution in [3.63, 3.8) is 0 Å². The van der Waals surface area contributed by atoms with Crippen LogP contribution in [0.5, 0.6) is 0 Å². The molecule has 114 valence electrons. The topological polar surface area (TPSA) is 49.4 Å². The van der Waals surface area contributed by atoms with Crippen molar-refractivity contribution in [3.8, 4) is 0 Å². The summed E-state index contributed by atoms with van der Waals surface area (Å²) in [4.78, 5) is 0. The third-order valence-corrected chi connectivity index (χ3v) is 8.47. The zero-order chi connectivity index (χ0) is 14.9. The first-order chi connectivity index (χ1) is 9.40. The Balaban J connectivity index is 2.22. The van der Waals surface area contributed by atoms with E-state index in [1.807, 2.05) is 14.0 Å². The molecule has 2 heterocycles. The largest absolute Gasteiger partial charge is 0.317 e. The Morgan fingerprint density at radius 2 is 2.25 bits per heavy atom. The number of thiophene rings is 1. The van der Waals surface area contributed by atoms with Crippen molar-refractivity contribution < 1.29 is 8.42 Å². The molecule has 1 N–H and O–H groups in total. The van der Waals surface area contributed by atoms with Gasteiger partial charge in [-0.2, -0.15) is 4.31 Å². The standard InChI is InChI=1S/C13H21BrN2O2S2/c1-4-10-8-16(6-5-11(10)15-3)20(17,18)12-7-9(2)13(14)19-12/h7,10-11,15H,4-6,8H2,1-3H3. The van der Waals surface area contributed by atoms with Gasteiger partial charge in [0.05, 0.1) is 3.79 Å². The van der Waals surface area contributed by atoms with Gasteiger partial charge in [-0.25, -0.2) is 8.42 Å². The molecule has 1 aromatic heterocycles. The summed E-state index contributed by atoms with van der Waals surface area (Å²) < 4.78 is 28.4. The van der Waals surface area contributed by atoms with Gasteiger partial charge in [-0.05, 0) is 53.9 Å². The lowest BCUT2D eigenvalue weighted by Gasteiger charge is -2.37. The van der Waals surface area contributed by atoms with Crippen LogP contribution in [0, 0.1) is 12.8 Å². The van der Waals surface area contributed by atoms with Crippen LogP contribution in [-0.2, 0) is 10.0 Å². The average molecular weight is 381 g/mol. The van der Waals surface area contributed by atoms with Crippen molar-refractivity contribution >= 4 is 37.3 Å². The van der Waals surface area contributed by atoms with E-state index >= 15 is 0 Å². The summed E-state index contributed by atoms with van der Waals surface area (Å²) in [6.45, 7) is 5.25. The molecule has 2 rings (SSSR count). The van der Waals surface area contributed by atoms with Crippen LogP contribution < -0.4 is 5.32 Å². The van der Waals surface area contributed by atoms with E-state index in [9.17, 15) is 8.42 Å². The first-order valence-electron chi connectivity index (χ1n) is 6.83. The maximum atomic E-state index is 12.7. The van der Waals surface area contributed by atoms with Gasteiger partial charge in [0.1, 0.15) is 4.21 Å². The molecule has 1 aromatic rings. The molecule has 2 atom stereocenters. The average Bonchev–Trinajstić information content (AvgIpc) is 2.78. The molecule has 1 saturated heterocycles. The Morgan fingerprint density at radius 1 is 1.55 bits per heavy atom. The summed E-state index contributed by atoms with van der Waals surface area (Å²) in [6.07, 6.45) is 1.87. The van der Waals surface area contributed by atoms with Crippen molar-refractivity contribution in [2.24, 2.45) is 5.92 Å². The molecule has 1 aliphatic heterocycles. The third kappa shape index (κ3) is 3.11. The lowest BCUT2D eigenvalue weighted by molar-refractivity contribution is 0.209.